The molecule has 158 valence electrons. The number of carboxylic acids is 1. The molecule has 31 heavy (non-hydrogen) atoms. The predicted molar refractivity (Wildman–Crippen MR) is 116 cm³/mol. The van der Waals surface area contributed by atoms with Gasteiger partial charge in [-0.15, -0.1) is 0 Å². The lowest BCUT2D eigenvalue weighted by Crippen LogP contribution is -2.45. The van der Waals surface area contributed by atoms with E-state index in [1.165, 1.54) is 12.1 Å². The van der Waals surface area contributed by atoms with Gasteiger partial charge in [-0.3, -0.25) is 4.79 Å². The van der Waals surface area contributed by atoms with Crippen LogP contribution in [0.15, 0.2) is 60.7 Å². The standard InChI is InChI=1S/C25H23FN2O3/c26-17-10-11-20-19(12-17)22(21(24(27)29)15-8-9-15)23(25(30)31)28(20)13-16-6-3-5-14-4-1-2-7-18(14)16/h1-7,10-12,15,21-23H,8-9,13H2,(H2,27,29)(H,30,31). The summed E-state index contributed by atoms with van der Waals surface area (Å²) in [5.74, 6) is -3.24. The molecule has 1 aliphatic carbocycles. The molecule has 3 N–H and O–H groups in total. The molecule has 6 heteroatoms. The highest BCUT2D eigenvalue weighted by Gasteiger charge is 2.52. The quantitative estimate of drug-likeness (QED) is 0.633. The number of rotatable bonds is 6. The third-order valence-electron chi connectivity index (χ3n) is 6.65. The second kappa shape index (κ2) is 7.38. The first-order chi connectivity index (χ1) is 15.0. The van der Waals surface area contributed by atoms with E-state index in [0.29, 0.717) is 17.8 Å². The van der Waals surface area contributed by atoms with Crippen molar-refractivity contribution in [3.05, 3.63) is 77.6 Å². The summed E-state index contributed by atoms with van der Waals surface area (Å²) in [6.45, 7) is 0.337. The van der Waals surface area contributed by atoms with Gasteiger partial charge in [-0.25, -0.2) is 9.18 Å². The average molecular weight is 418 g/mol. The minimum Gasteiger partial charge on any atom is -0.480 e. The minimum absolute atomic E-state index is 0.0537. The molecule has 2 aliphatic rings. The number of benzene rings is 3. The van der Waals surface area contributed by atoms with Crippen LogP contribution in [-0.4, -0.2) is 23.0 Å². The first-order valence-corrected chi connectivity index (χ1v) is 10.5. The fourth-order valence-corrected chi connectivity index (χ4v) is 5.20. The number of hydrogen-bond acceptors (Lipinski definition) is 3. The number of halogens is 1. The Labute approximate surface area is 179 Å². The van der Waals surface area contributed by atoms with Gasteiger partial charge in [0.2, 0.25) is 5.91 Å². The van der Waals surface area contributed by atoms with E-state index in [4.69, 9.17) is 5.73 Å². The van der Waals surface area contributed by atoms with Crippen LogP contribution in [0, 0.1) is 17.7 Å². The molecule has 0 radical (unpaired) electrons. The van der Waals surface area contributed by atoms with Crippen LogP contribution in [0.2, 0.25) is 0 Å². The average Bonchev–Trinajstić information content (AvgIpc) is 3.52. The Morgan fingerprint density at radius 3 is 2.55 bits per heavy atom. The van der Waals surface area contributed by atoms with Gasteiger partial charge in [-0.1, -0.05) is 42.5 Å². The van der Waals surface area contributed by atoms with Crippen molar-refractivity contribution in [3.63, 3.8) is 0 Å². The largest absolute Gasteiger partial charge is 0.480 e. The van der Waals surface area contributed by atoms with Gasteiger partial charge in [-0.2, -0.15) is 0 Å². The van der Waals surface area contributed by atoms with Crippen molar-refractivity contribution in [2.75, 3.05) is 4.90 Å². The van der Waals surface area contributed by atoms with Gasteiger partial charge >= 0.3 is 5.97 Å². The molecule has 1 heterocycles. The fourth-order valence-electron chi connectivity index (χ4n) is 5.20. The highest BCUT2D eigenvalue weighted by Crippen LogP contribution is 2.52. The highest BCUT2D eigenvalue weighted by atomic mass is 19.1. The van der Waals surface area contributed by atoms with Crippen LogP contribution in [0.4, 0.5) is 10.1 Å². The van der Waals surface area contributed by atoms with Crippen LogP contribution in [0.3, 0.4) is 0 Å². The van der Waals surface area contributed by atoms with Gasteiger partial charge in [-0.05, 0) is 58.9 Å². The molecule has 1 saturated carbocycles. The Kier molecular flexibility index (Phi) is 4.65. The number of aliphatic carboxylic acids is 1. The Hall–Kier alpha value is -3.41. The summed E-state index contributed by atoms with van der Waals surface area (Å²) in [6.07, 6.45) is 1.68. The molecule has 3 unspecified atom stereocenters. The predicted octanol–water partition coefficient (Wildman–Crippen LogP) is 4.05. The van der Waals surface area contributed by atoms with Crippen molar-refractivity contribution in [1.82, 2.24) is 0 Å². The smallest absolute Gasteiger partial charge is 0.327 e. The Balaban J connectivity index is 1.64. The van der Waals surface area contributed by atoms with Gasteiger partial charge in [0.05, 0.1) is 5.92 Å². The second-order valence-corrected chi connectivity index (χ2v) is 8.54. The van der Waals surface area contributed by atoms with Gasteiger partial charge in [0.25, 0.3) is 0 Å². The summed E-state index contributed by atoms with van der Waals surface area (Å²) in [5.41, 5.74) is 7.93. The molecule has 0 spiro atoms. The van der Waals surface area contributed by atoms with Gasteiger partial charge in [0.1, 0.15) is 11.9 Å². The van der Waals surface area contributed by atoms with Crippen LogP contribution < -0.4 is 10.6 Å². The van der Waals surface area contributed by atoms with E-state index in [1.54, 1.807) is 11.0 Å². The molecule has 3 aromatic carbocycles. The zero-order chi connectivity index (χ0) is 21.7. The van der Waals surface area contributed by atoms with E-state index in [2.05, 4.69) is 0 Å². The van der Waals surface area contributed by atoms with Gasteiger partial charge < -0.3 is 15.7 Å². The third-order valence-corrected chi connectivity index (χ3v) is 6.65. The number of carbonyl (C=O) groups excluding carboxylic acids is 1. The zero-order valence-electron chi connectivity index (χ0n) is 16.9. The lowest BCUT2D eigenvalue weighted by atomic mass is 9.79. The highest BCUT2D eigenvalue weighted by molar-refractivity contribution is 5.90. The van der Waals surface area contributed by atoms with Crippen LogP contribution in [-0.2, 0) is 16.1 Å². The lowest BCUT2D eigenvalue weighted by Gasteiger charge is -2.30. The maximum Gasteiger partial charge on any atom is 0.327 e. The molecule has 5 nitrogen and oxygen atoms in total. The van der Waals surface area contributed by atoms with E-state index in [1.807, 2.05) is 42.5 Å². The molecule has 1 amide bonds. The number of carbonyl (C=O) groups is 2. The Bertz CT molecular complexity index is 1190. The zero-order valence-corrected chi connectivity index (χ0v) is 16.9. The number of carboxylic acid groups (broad SMARTS) is 1. The van der Waals surface area contributed by atoms with Crippen LogP contribution in [0.25, 0.3) is 10.8 Å². The number of primary amides is 1. The third kappa shape index (κ3) is 3.32. The van der Waals surface area contributed by atoms with E-state index in [9.17, 15) is 19.1 Å². The molecule has 5 rings (SSSR count). The van der Waals surface area contributed by atoms with Crippen LogP contribution >= 0.6 is 0 Å². The summed E-state index contributed by atoms with van der Waals surface area (Å²) >= 11 is 0. The monoisotopic (exact) mass is 418 g/mol. The van der Waals surface area contributed by atoms with Crippen LogP contribution in [0.5, 0.6) is 0 Å². The molecule has 0 bridgehead atoms. The summed E-state index contributed by atoms with van der Waals surface area (Å²) < 4.78 is 14.2. The Morgan fingerprint density at radius 2 is 1.84 bits per heavy atom. The maximum absolute atomic E-state index is 14.2. The minimum atomic E-state index is -1.03. The van der Waals surface area contributed by atoms with Crippen molar-refractivity contribution in [2.45, 2.75) is 31.3 Å². The van der Waals surface area contributed by atoms with E-state index >= 15 is 0 Å². The van der Waals surface area contributed by atoms with E-state index in [0.717, 1.165) is 29.2 Å². The molecule has 3 aromatic rings. The van der Waals surface area contributed by atoms with Crippen molar-refractivity contribution < 1.29 is 19.1 Å². The fraction of sp³-hybridized carbons (Fsp3) is 0.280. The maximum atomic E-state index is 14.2. The molecule has 0 aromatic heterocycles. The topological polar surface area (TPSA) is 83.6 Å². The Morgan fingerprint density at radius 1 is 1.10 bits per heavy atom. The van der Waals surface area contributed by atoms with Crippen molar-refractivity contribution in [3.8, 4) is 0 Å². The van der Waals surface area contributed by atoms with Gasteiger partial charge in [0.15, 0.2) is 0 Å². The van der Waals surface area contributed by atoms with E-state index in [-0.39, 0.29) is 5.92 Å². The van der Waals surface area contributed by atoms with Crippen molar-refractivity contribution in [1.29, 1.82) is 0 Å². The number of nitrogens with zero attached hydrogens (tertiary/aromatic N) is 1. The summed E-state index contributed by atoms with van der Waals surface area (Å²) in [7, 11) is 0. The SMILES string of the molecule is NC(=O)C(C1CC1)C1c2cc(F)ccc2N(Cc2cccc3ccccc23)C1C(=O)O. The summed E-state index contributed by atoms with van der Waals surface area (Å²) in [5, 5.41) is 12.3. The number of anilines is 1. The number of amides is 1. The molecule has 1 fully saturated rings. The van der Waals surface area contributed by atoms with Crippen LogP contribution in [0.1, 0.15) is 29.9 Å². The van der Waals surface area contributed by atoms with Gasteiger partial charge in [0, 0.05) is 18.2 Å². The number of hydrogen-bond donors (Lipinski definition) is 2. The molecule has 1 aliphatic heterocycles. The summed E-state index contributed by atoms with van der Waals surface area (Å²) in [6, 6.07) is 17.2. The molecular weight excluding hydrogens is 395 g/mol. The van der Waals surface area contributed by atoms with Crippen molar-refractivity contribution in [2.24, 2.45) is 17.6 Å². The number of fused-ring (bicyclic) bond motifs is 2. The van der Waals surface area contributed by atoms with Crippen molar-refractivity contribution >= 4 is 28.3 Å². The van der Waals surface area contributed by atoms with E-state index < -0.39 is 35.6 Å². The normalized spacial score (nSPS) is 21.1. The molecular formula is C25H23FN2O3. The number of nitrogens with two attached hydrogens (primary N) is 1. The molecule has 0 saturated heterocycles. The molecule has 3 atom stereocenters. The lowest BCUT2D eigenvalue weighted by molar-refractivity contribution is -0.139. The first-order valence-electron chi connectivity index (χ1n) is 10.5. The first kappa shape index (κ1) is 19.5. The summed E-state index contributed by atoms with van der Waals surface area (Å²) in [4.78, 5) is 26.7. The second-order valence-electron chi connectivity index (χ2n) is 8.54.